The van der Waals surface area contributed by atoms with Crippen LogP contribution in [0.1, 0.15) is 31.7 Å². The number of benzene rings is 1. The number of aromatic nitrogens is 1. The highest BCUT2D eigenvalue weighted by molar-refractivity contribution is 8.14. The number of hydrogen-bond donors (Lipinski definition) is 2. The number of hydrogen-bond acceptors (Lipinski definition) is 6. The molecule has 0 aliphatic carbocycles. The predicted octanol–water partition coefficient (Wildman–Crippen LogP) is 3.97. The molecule has 0 amide bonds. The molecule has 3 N–H and O–H groups in total. The first-order valence-corrected chi connectivity index (χ1v) is 10.4. The first-order chi connectivity index (χ1) is 13.0. The second-order valence-corrected chi connectivity index (χ2v) is 8.55. The molecule has 3 atom stereocenters. The molecular formula is C20H22ClN3O2S. The number of aliphatic hydroxyl groups is 1. The highest BCUT2D eigenvalue weighted by Crippen LogP contribution is 2.49. The first-order valence-electron chi connectivity index (χ1n) is 9.07. The van der Waals surface area contributed by atoms with Gasteiger partial charge in [-0.2, -0.15) is 0 Å². The van der Waals surface area contributed by atoms with Crippen molar-refractivity contribution in [2.24, 2.45) is 10.7 Å². The van der Waals surface area contributed by atoms with E-state index in [9.17, 15) is 5.11 Å². The first kappa shape index (κ1) is 18.6. The zero-order valence-corrected chi connectivity index (χ0v) is 16.6. The molecule has 1 aromatic heterocycles. The van der Waals surface area contributed by atoms with Crippen LogP contribution in [0.5, 0.6) is 5.75 Å². The maximum Gasteiger partial charge on any atom is 0.154 e. The standard InChI is InChI=1S/C20H22ClN3O2S/c1-2-15(25)7-16-8-20(11-27-19(22)24-20)17-6-12(3-4-18(17)26-16)13-5-14(21)10-23-9-13/h3-6,9-10,15-16,25H,2,7-8,11H2,1H3,(H2,22,24). The van der Waals surface area contributed by atoms with Gasteiger partial charge in [-0.25, -0.2) is 0 Å². The highest BCUT2D eigenvalue weighted by Gasteiger charge is 2.45. The molecule has 0 saturated heterocycles. The maximum atomic E-state index is 10.1. The predicted molar refractivity (Wildman–Crippen MR) is 110 cm³/mol. The van der Waals surface area contributed by atoms with Crippen molar-refractivity contribution >= 4 is 28.5 Å². The average molecular weight is 404 g/mol. The van der Waals surface area contributed by atoms with Gasteiger partial charge >= 0.3 is 0 Å². The number of fused-ring (bicyclic) bond motifs is 2. The van der Waals surface area contributed by atoms with Crippen LogP contribution in [0, 0.1) is 0 Å². The van der Waals surface area contributed by atoms with E-state index >= 15 is 0 Å². The number of aliphatic imine (C=N–C) groups is 1. The molecule has 2 aliphatic rings. The molecule has 5 nitrogen and oxygen atoms in total. The molecule has 7 heteroatoms. The number of aliphatic hydroxyl groups excluding tert-OH is 1. The highest BCUT2D eigenvalue weighted by atomic mass is 35.5. The topological polar surface area (TPSA) is 80.7 Å². The van der Waals surface area contributed by atoms with Gasteiger partial charge in [0.25, 0.3) is 0 Å². The molecular weight excluding hydrogens is 382 g/mol. The lowest BCUT2D eigenvalue weighted by atomic mass is 9.81. The maximum absolute atomic E-state index is 10.1. The number of ether oxygens (including phenoxy) is 1. The monoisotopic (exact) mass is 403 g/mol. The molecule has 1 spiro atoms. The summed E-state index contributed by atoms with van der Waals surface area (Å²) in [6.45, 7) is 1.98. The summed E-state index contributed by atoms with van der Waals surface area (Å²) in [6, 6.07) is 7.99. The van der Waals surface area contributed by atoms with Crippen molar-refractivity contribution in [3.05, 3.63) is 47.2 Å². The second kappa shape index (κ2) is 7.34. The van der Waals surface area contributed by atoms with Gasteiger partial charge < -0.3 is 15.6 Å². The van der Waals surface area contributed by atoms with Crippen molar-refractivity contribution in [2.75, 3.05) is 5.75 Å². The van der Waals surface area contributed by atoms with E-state index in [-0.39, 0.29) is 12.2 Å². The Morgan fingerprint density at radius 2 is 2.22 bits per heavy atom. The summed E-state index contributed by atoms with van der Waals surface area (Å²) in [5.74, 6) is 1.60. The Morgan fingerprint density at radius 3 is 2.93 bits per heavy atom. The number of amidine groups is 1. The summed E-state index contributed by atoms with van der Waals surface area (Å²) in [5.41, 5.74) is 8.63. The molecule has 142 valence electrons. The minimum absolute atomic E-state index is 0.0820. The van der Waals surface area contributed by atoms with E-state index in [1.165, 1.54) is 0 Å². The van der Waals surface area contributed by atoms with Gasteiger partial charge in [-0.05, 0) is 30.2 Å². The van der Waals surface area contributed by atoms with Crippen molar-refractivity contribution in [3.63, 3.8) is 0 Å². The van der Waals surface area contributed by atoms with Crippen molar-refractivity contribution < 1.29 is 9.84 Å². The lowest BCUT2D eigenvalue weighted by Crippen LogP contribution is -2.39. The Hall–Kier alpha value is -1.76. The summed E-state index contributed by atoms with van der Waals surface area (Å²) >= 11 is 7.68. The Kier molecular flexibility index (Phi) is 5.05. The van der Waals surface area contributed by atoms with Crippen LogP contribution in [0.4, 0.5) is 0 Å². The fourth-order valence-corrected chi connectivity index (χ4v) is 4.90. The van der Waals surface area contributed by atoms with Crippen molar-refractivity contribution in [1.29, 1.82) is 0 Å². The number of nitrogens with two attached hydrogens (primary N) is 1. The minimum Gasteiger partial charge on any atom is -0.490 e. The Labute approximate surface area is 168 Å². The Balaban J connectivity index is 1.75. The third-order valence-corrected chi connectivity index (χ3v) is 6.38. The number of nitrogens with zero attached hydrogens (tertiary/aromatic N) is 2. The third kappa shape index (κ3) is 3.66. The molecule has 2 aromatic rings. The molecule has 3 heterocycles. The van der Waals surface area contributed by atoms with Gasteiger partial charge in [0, 0.05) is 42.1 Å². The van der Waals surface area contributed by atoms with E-state index in [0.717, 1.165) is 28.2 Å². The zero-order chi connectivity index (χ0) is 19.0. The van der Waals surface area contributed by atoms with Gasteiger partial charge in [-0.3, -0.25) is 9.98 Å². The van der Waals surface area contributed by atoms with Crippen LogP contribution in [-0.2, 0) is 5.54 Å². The van der Waals surface area contributed by atoms with E-state index in [0.29, 0.717) is 29.5 Å². The molecule has 27 heavy (non-hydrogen) atoms. The lowest BCUT2D eigenvalue weighted by Gasteiger charge is -2.38. The number of rotatable bonds is 4. The largest absolute Gasteiger partial charge is 0.490 e. The van der Waals surface area contributed by atoms with E-state index in [4.69, 9.17) is 27.1 Å². The van der Waals surface area contributed by atoms with Crippen LogP contribution < -0.4 is 10.5 Å². The summed E-state index contributed by atoms with van der Waals surface area (Å²) in [5, 5.41) is 11.3. The minimum atomic E-state index is -0.414. The fraction of sp³-hybridized carbons (Fsp3) is 0.400. The molecule has 1 aromatic carbocycles. The van der Waals surface area contributed by atoms with Gasteiger partial charge in [0.2, 0.25) is 0 Å². The van der Waals surface area contributed by atoms with Gasteiger partial charge in [-0.1, -0.05) is 36.4 Å². The van der Waals surface area contributed by atoms with E-state index in [2.05, 4.69) is 11.1 Å². The van der Waals surface area contributed by atoms with Gasteiger partial charge in [0.1, 0.15) is 17.4 Å². The van der Waals surface area contributed by atoms with Crippen LogP contribution >= 0.6 is 23.4 Å². The van der Waals surface area contributed by atoms with Crippen LogP contribution in [0.15, 0.2) is 41.7 Å². The average Bonchev–Trinajstić information content (AvgIpc) is 3.02. The van der Waals surface area contributed by atoms with Gasteiger partial charge in [0.05, 0.1) is 11.1 Å². The van der Waals surface area contributed by atoms with Crippen molar-refractivity contribution in [1.82, 2.24) is 4.98 Å². The number of thioether (sulfide) groups is 1. The Bertz CT molecular complexity index is 891. The Morgan fingerprint density at radius 1 is 1.37 bits per heavy atom. The van der Waals surface area contributed by atoms with Crippen LogP contribution in [-0.4, -0.2) is 33.2 Å². The zero-order valence-electron chi connectivity index (χ0n) is 15.1. The quantitative estimate of drug-likeness (QED) is 0.807. The van der Waals surface area contributed by atoms with Crippen LogP contribution in [0.3, 0.4) is 0 Å². The fourth-order valence-electron chi connectivity index (χ4n) is 3.77. The van der Waals surface area contributed by atoms with Gasteiger partial charge in [-0.15, -0.1) is 0 Å². The van der Waals surface area contributed by atoms with Crippen molar-refractivity contribution in [2.45, 2.75) is 43.9 Å². The second-order valence-electron chi connectivity index (χ2n) is 7.11. The molecule has 0 saturated carbocycles. The van der Waals surface area contributed by atoms with Crippen molar-refractivity contribution in [3.8, 4) is 16.9 Å². The SMILES string of the molecule is CCC(O)CC1CC2(CSC(N)=N2)c2cc(-c3cncc(Cl)c3)ccc2O1. The van der Waals surface area contributed by atoms with Crippen LogP contribution in [0.25, 0.3) is 11.1 Å². The molecule has 0 radical (unpaired) electrons. The van der Waals surface area contributed by atoms with E-state index in [1.807, 2.05) is 25.1 Å². The number of pyridine rings is 1. The van der Waals surface area contributed by atoms with Crippen LogP contribution in [0.2, 0.25) is 5.02 Å². The normalized spacial score (nSPS) is 25.0. The third-order valence-electron chi connectivity index (χ3n) is 5.17. The van der Waals surface area contributed by atoms with E-state index < -0.39 is 5.54 Å². The number of halogens is 1. The molecule has 4 rings (SSSR count). The summed E-state index contributed by atoms with van der Waals surface area (Å²) in [6.07, 6.45) is 4.98. The summed E-state index contributed by atoms with van der Waals surface area (Å²) in [7, 11) is 0. The molecule has 0 fully saturated rings. The van der Waals surface area contributed by atoms with E-state index in [1.54, 1.807) is 24.2 Å². The lowest BCUT2D eigenvalue weighted by molar-refractivity contribution is 0.0632. The summed E-state index contributed by atoms with van der Waals surface area (Å²) in [4.78, 5) is 9.00. The summed E-state index contributed by atoms with van der Waals surface area (Å²) < 4.78 is 6.22. The molecule has 0 bridgehead atoms. The molecule has 2 aliphatic heterocycles. The smallest absolute Gasteiger partial charge is 0.154 e. The van der Waals surface area contributed by atoms with Gasteiger partial charge in [0.15, 0.2) is 5.17 Å². The molecule has 3 unspecified atom stereocenters.